The molecule has 5 nitrogen and oxygen atoms in total. The number of rotatable bonds is 8. The van der Waals surface area contributed by atoms with Gasteiger partial charge in [-0.2, -0.15) is 0 Å². The van der Waals surface area contributed by atoms with Crippen LogP contribution in [-0.2, 0) is 9.47 Å². The molecule has 0 bridgehead atoms. The molecule has 0 aromatic rings. The molecule has 1 heterocycles. The van der Waals surface area contributed by atoms with Gasteiger partial charge in [-0.1, -0.05) is 24.5 Å². The van der Waals surface area contributed by atoms with E-state index in [1.165, 1.54) is 31.3 Å². The molecule has 5 heteroatoms. The first kappa shape index (κ1) is 18.3. The van der Waals surface area contributed by atoms with Crippen LogP contribution in [0.25, 0.3) is 0 Å². The summed E-state index contributed by atoms with van der Waals surface area (Å²) in [6.45, 7) is 4.40. The fourth-order valence-corrected chi connectivity index (χ4v) is 3.58. The van der Waals surface area contributed by atoms with Gasteiger partial charge in [0.2, 0.25) is 0 Å². The molecule has 1 aliphatic heterocycles. The van der Waals surface area contributed by atoms with Gasteiger partial charge in [-0.3, -0.25) is 4.99 Å². The van der Waals surface area contributed by atoms with E-state index in [-0.39, 0.29) is 0 Å². The van der Waals surface area contributed by atoms with Crippen molar-refractivity contribution in [2.75, 3.05) is 47.1 Å². The van der Waals surface area contributed by atoms with Crippen molar-refractivity contribution in [3.63, 3.8) is 0 Å². The van der Waals surface area contributed by atoms with Crippen molar-refractivity contribution in [2.24, 2.45) is 10.4 Å². The van der Waals surface area contributed by atoms with Gasteiger partial charge in [0.25, 0.3) is 0 Å². The molecule has 1 aliphatic carbocycles. The van der Waals surface area contributed by atoms with Gasteiger partial charge in [0.1, 0.15) is 0 Å². The molecule has 0 radical (unpaired) electrons. The molecule has 2 rings (SSSR count). The molecule has 0 aromatic carbocycles. The predicted molar refractivity (Wildman–Crippen MR) is 94.9 cm³/mol. The van der Waals surface area contributed by atoms with Crippen LogP contribution in [0, 0.1) is 5.41 Å². The van der Waals surface area contributed by atoms with E-state index in [1.54, 1.807) is 7.11 Å². The summed E-state index contributed by atoms with van der Waals surface area (Å²) in [6, 6.07) is 0. The van der Waals surface area contributed by atoms with E-state index in [0.717, 1.165) is 58.1 Å². The Morgan fingerprint density at radius 1 is 1.35 bits per heavy atom. The van der Waals surface area contributed by atoms with Gasteiger partial charge in [0.05, 0.1) is 13.2 Å². The van der Waals surface area contributed by atoms with Crippen molar-refractivity contribution in [1.29, 1.82) is 0 Å². The first-order chi connectivity index (χ1) is 11.3. The normalized spacial score (nSPS) is 21.1. The van der Waals surface area contributed by atoms with Crippen molar-refractivity contribution in [3.05, 3.63) is 11.6 Å². The number of aliphatic imine (C=N–C) groups is 1. The number of ether oxygens (including phenoxy) is 2. The van der Waals surface area contributed by atoms with Gasteiger partial charge < -0.3 is 20.1 Å². The lowest BCUT2D eigenvalue weighted by molar-refractivity contribution is 0.138. The largest absolute Gasteiger partial charge is 0.385 e. The standard InChI is InChI=1S/C18H33N3O2/c1-19-17(20-11-5-16-6-12-23-13-7-16)21-15-18(10-14-22-2)8-3-4-9-18/h6H,3-5,7-15H2,1-2H3,(H2,19,20,21). The molecule has 2 N–H and O–H groups in total. The van der Waals surface area contributed by atoms with Crippen molar-refractivity contribution in [1.82, 2.24) is 10.6 Å². The average Bonchev–Trinajstić information content (AvgIpc) is 3.06. The van der Waals surface area contributed by atoms with Gasteiger partial charge >= 0.3 is 0 Å². The summed E-state index contributed by atoms with van der Waals surface area (Å²) in [5.74, 6) is 0.918. The molecule has 0 atom stereocenters. The van der Waals surface area contributed by atoms with Crippen LogP contribution in [0.2, 0.25) is 0 Å². The van der Waals surface area contributed by atoms with E-state index < -0.39 is 0 Å². The highest BCUT2D eigenvalue weighted by atomic mass is 16.5. The lowest BCUT2D eigenvalue weighted by Gasteiger charge is -2.30. The Bertz CT molecular complexity index is 401. The number of nitrogens with zero attached hydrogens (tertiary/aromatic N) is 1. The third-order valence-corrected chi connectivity index (χ3v) is 5.15. The van der Waals surface area contributed by atoms with E-state index in [9.17, 15) is 0 Å². The van der Waals surface area contributed by atoms with Crippen LogP contribution >= 0.6 is 0 Å². The van der Waals surface area contributed by atoms with Crippen LogP contribution in [0.3, 0.4) is 0 Å². The molecule has 1 fully saturated rings. The summed E-state index contributed by atoms with van der Waals surface area (Å²) in [6.07, 6.45) is 10.8. The first-order valence-corrected chi connectivity index (χ1v) is 8.97. The van der Waals surface area contributed by atoms with Gasteiger partial charge in [-0.25, -0.2) is 0 Å². The molecular weight excluding hydrogens is 290 g/mol. The average molecular weight is 323 g/mol. The highest BCUT2D eigenvalue weighted by Gasteiger charge is 2.33. The lowest BCUT2D eigenvalue weighted by atomic mass is 9.83. The Balaban J connectivity index is 1.72. The Morgan fingerprint density at radius 3 is 2.83 bits per heavy atom. The topological polar surface area (TPSA) is 54.9 Å². The number of hydrogen-bond acceptors (Lipinski definition) is 3. The van der Waals surface area contributed by atoms with Crippen molar-refractivity contribution >= 4 is 5.96 Å². The second-order valence-corrected chi connectivity index (χ2v) is 6.74. The highest BCUT2D eigenvalue weighted by molar-refractivity contribution is 5.79. The summed E-state index contributed by atoms with van der Waals surface area (Å²) in [7, 11) is 3.64. The molecule has 0 saturated heterocycles. The lowest BCUT2D eigenvalue weighted by Crippen LogP contribution is -2.43. The van der Waals surface area contributed by atoms with E-state index >= 15 is 0 Å². The Labute approximate surface area is 140 Å². The third kappa shape index (κ3) is 6.15. The first-order valence-electron chi connectivity index (χ1n) is 8.97. The van der Waals surface area contributed by atoms with Crippen LogP contribution in [0.15, 0.2) is 16.6 Å². The molecule has 0 amide bonds. The van der Waals surface area contributed by atoms with E-state index in [0.29, 0.717) is 5.41 Å². The minimum Gasteiger partial charge on any atom is -0.385 e. The zero-order chi connectivity index (χ0) is 16.4. The quantitative estimate of drug-likeness (QED) is 0.409. The zero-order valence-electron chi connectivity index (χ0n) is 14.8. The summed E-state index contributed by atoms with van der Waals surface area (Å²) in [5.41, 5.74) is 1.88. The summed E-state index contributed by atoms with van der Waals surface area (Å²) in [4.78, 5) is 4.36. The van der Waals surface area contributed by atoms with Crippen LogP contribution in [-0.4, -0.2) is 53.0 Å². The van der Waals surface area contributed by atoms with Crippen LogP contribution in [0.1, 0.15) is 44.9 Å². The molecule has 0 aromatic heterocycles. The van der Waals surface area contributed by atoms with E-state index in [1.807, 2.05) is 7.05 Å². The Kier molecular flexibility index (Phi) is 7.89. The van der Waals surface area contributed by atoms with Crippen molar-refractivity contribution in [2.45, 2.75) is 44.9 Å². The van der Waals surface area contributed by atoms with Gasteiger partial charge in [-0.15, -0.1) is 0 Å². The SMILES string of the molecule is CN=C(NCCC1=CCOCC1)NCC1(CCOC)CCCC1. The van der Waals surface area contributed by atoms with Crippen LogP contribution in [0.4, 0.5) is 0 Å². The minimum absolute atomic E-state index is 0.386. The van der Waals surface area contributed by atoms with Gasteiger partial charge in [0.15, 0.2) is 5.96 Å². The van der Waals surface area contributed by atoms with E-state index in [4.69, 9.17) is 9.47 Å². The summed E-state index contributed by atoms with van der Waals surface area (Å²) >= 11 is 0. The maximum absolute atomic E-state index is 5.34. The van der Waals surface area contributed by atoms with E-state index in [2.05, 4.69) is 21.7 Å². The highest BCUT2D eigenvalue weighted by Crippen LogP contribution is 2.40. The van der Waals surface area contributed by atoms with Crippen LogP contribution in [0.5, 0.6) is 0 Å². The number of nitrogens with one attached hydrogen (secondary N) is 2. The third-order valence-electron chi connectivity index (χ3n) is 5.15. The Morgan fingerprint density at radius 2 is 2.17 bits per heavy atom. The summed E-state index contributed by atoms with van der Waals surface area (Å²) < 4.78 is 10.6. The molecule has 132 valence electrons. The second-order valence-electron chi connectivity index (χ2n) is 6.74. The van der Waals surface area contributed by atoms with Gasteiger partial charge in [-0.05, 0) is 37.5 Å². The molecule has 23 heavy (non-hydrogen) atoms. The number of methoxy groups -OCH3 is 1. The zero-order valence-corrected chi connectivity index (χ0v) is 14.8. The fraction of sp³-hybridized carbons (Fsp3) is 0.833. The maximum atomic E-state index is 5.34. The molecular formula is C18H33N3O2. The molecule has 0 unspecified atom stereocenters. The van der Waals surface area contributed by atoms with Gasteiger partial charge in [0, 0.05) is 33.9 Å². The fourth-order valence-electron chi connectivity index (χ4n) is 3.58. The second kappa shape index (κ2) is 9.93. The minimum atomic E-state index is 0.386. The Hall–Kier alpha value is -1.07. The monoisotopic (exact) mass is 323 g/mol. The molecule has 0 spiro atoms. The predicted octanol–water partition coefficient (Wildman–Crippen LogP) is 2.49. The number of hydrogen-bond donors (Lipinski definition) is 2. The van der Waals surface area contributed by atoms with Crippen LogP contribution < -0.4 is 10.6 Å². The maximum Gasteiger partial charge on any atom is 0.191 e. The number of guanidine groups is 1. The molecule has 1 saturated carbocycles. The van der Waals surface area contributed by atoms with Crippen molar-refractivity contribution in [3.8, 4) is 0 Å². The van der Waals surface area contributed by atoms with Crippen molar-refractivity contribution < 1.29 is 9.47 Å². The summed E-state index contributed by atoms with van der Waals surface area (Å²) in [5, 5.41) is 6.98. The molecule has 2 aliphatic rings. The smallest absolute Gasteiger partial charge is 0.191 e.